The van der Waals surface area contributed by atoms with E-state index in [4.69, 9.17) is 16.9 Å². The van der Waals surface area contributed by atoms with E-state index in [1.807, 2.05) is 6.07 Å². The van der Waals surface area contributed by atoms with Crippen LogP contribution in [0.4, 0.5) is 5.69 Å². The maximum absolute atomic E-state index is 8.78. The van der Waals surface area contributed by atoms with Crippen molar-refractivity contribution in [2.75, 3.05) is 5.32 Å². The first kappa shape index (κ1) is 12.9. The normalized spacial score (nSPS) is 11.8. The van der Waals surface area contributed by atoms with E-state index in [1.165, 1.54) is 4.88 Å². The predicted octanol–water partition coefficient (Wildman–Crippen LogP) is 4.32. The van der Waals surface area contributed by atoms with Gasteiger partial charge in [-0.2, -0.15) is 5.26 Å². The summed E-state index contributed by atoms with van der Waals surface area (Å²) >= 11 is 7.88. The van der Waals surface area contributed by atoms with Crippen LogP contribution in [0.25, 0.3) is 0 Å². The summed E-state index contributed by atoms with van der Waals surface area (Å²) in [6, 6.07) is 11.9. The van der Waals surface area contributed by atoms with Crippen LogP contribution in [0.2, 0.25) is 5.02 Å². The fraction of sp³-hybridized carbons (Fsp3) is 0.214. The molecular formula is C14H13ClN2S. The Morgan fingerprint density at radius 1 is 1.44 bits per heavy atom. The lowest BCUT2D eigenvalue weighted by Crippen LogP contribution is -2.17. The van der Waals surface area contributed by atoms with Crippen molar-refractivity contribution in [2.45, 2.75) is 19.4 Å². The zero-order valence-electron chi connectivity index (χ0n) is 9.98. The van der Waals surface area contributed by atoms with Gasteiger partial charge in [-0.25, -0.2) is 0 Å². The van der Waals surface area contributed by atoms with Crippen molar-refractivity contribution < 1.29 is 0 Å². The lowest BCUT2D eigenvalue weighted by molar-refractivity contribution is 0.800. The van der Waals surface area contributed by atoms with Crippen LogP contribution in [0.1, 0.15) is 17.4 Å². The number of nitrogens with zero attached hydrogens (tertiary/aromatic N) is 1. The quantitative estimate of drug-likeness (QED) is 0.903. The van der Waals surface area contributed by atoms with E-state index < -0.39 is 0 Å². The molecule has 0 spiro atoms. The smallest absolute Gasteiger partial charge is 0.0992 e. The number of rotatable bonds is 4. The van der Waals surface area contributed by atoms with E-state index in [9.17, 15) is 0 Å². The SMILES string of the molecule is CC(Cc1cccs1)Nc1ccc(C#N)cc1Cl. The Hall–Kier alpha value is -1.50. The van der Waals surface area contributed by atoms with Gasteiger partial charge in [0.2, 0.25) is 0 Å². The summed E-state index contributed by atoms with van der Waals surface area (Å²) in [5.74, 6) is 0. The minimum Gasteiger partial charge on any atom is -0.381 e. The highest BCUT2D eigenvalue weighted by molar-refractivity contribution is 7.09. The van der Waals surface area contributed by atoms with Crippen LogP contribution in [0.5, 0.6) is 0 Å². The highest BCUT2D eigenvalue weighted by Gasteiger charge is 2.07. The van der Waals surface area contributed by atoms with E-state index in [2.05, 4.69) is 35.8 Å². The Labute approximate surface area is 116 Å². The van der Waals surface area contributed by atoms with Gasteiger partial charge in [0.25, 0.3) is 0 Å². The Morgan fingerprint density at radius 3 is 2.89 bits per heavy atom. The fourth-order valence-electron chi connectivity index (χ4n) is 1.75. The number of halogens is 1. The van der Waals surface area contributed by atoms with Crippen molar-refractivity contribution in [3.05, 3.63) is 51.2 Å². The van der Waals surface area contributed by atoms with Gasteiger partial charge in [-0.05, 0) is 36.6 Å². The molecule has 0 aliphatic rings. The summed E-state index contributed by atoms with van der Waals surface area (Å²) < 4.78 is 0. The predicted molar refractivity (Wildman–Crippen MR) is 77.3 cm³/mol. The summed E-state index contributed by atoms with van der Waals surface area (Å²) in [6.45, 7) is 2.12. The number of nitriles is 1. The molecule has 0 aliphatic heterocycles. The molecule has 0 fully saturated rings. The van der Waals surface area contributed by atoms with Gasteiger partial charge in [-0.1, -0.05) is 17.7 Å². The van der Waals surface area contributed by atoms with Crippen molar-refractivity contribution in [3.8, 4) is 6.07 Å². The molecule has 1 aromatic heterocycles. The van der Waals surface area contributed by atoms with E-state index in [0.717, 1.165) is 12.1 Å². The van der Waals surface area contributed by atoms with Crippen LogP contribution >= 0.6 is 22.9 Å². The molecule has 4 heteroatoms. The lowest BCUT2D eigenvalue weighted by atomic mass is 10.1. The van der Waals surface area contributed by atoms with Crippen molar-refractivity contribution in [1.29, 1.82) is 5.26 Å². The summed E-state index contributed by atoms with van der Waals surface area (Å²) in [5, 5.41) is 14.8. The van der Waals surface area contributed by atoms with Gasteiger partial charge in [0, 0.05) is 17.3 Å². The van der Waals surface area contributed by atoms with Gasteiger partial charge in [-0.15, -0.1) is 11.3 Å². The molecule has 2 aromatic rings. The van der Waals surface area contributed by atoms with E-state index in [-0.39, 0.29) is 0 Å². The molecule has 1 N–H and O–H groups in total. The number of thiophene rings is 1. The lowest BCUT2D eigenvalue weighted by Gasteiger charge is -2.15. The summed E-state index contributed by atoms with van der Waals surface area (Å²) in [4.78, 5) is 1.35. The largest absolute Gasteiger partial charge is 0.381 e. The average Bonchev–Trinajstić information content (AvgIpc) is 2.84. The first-order chi connectivity index (χ1) is 8.69. The Morgan fingerprint density at radius 2 is 2.28 bits per heavy atom. The molecule has 0 saturated heterocycles. The highest BCUT2D eigenvalue weighted by atomic mass is 35.5. The number of anilines is 1. The van der Waals surface area contributed by atoms with Crippen LogP contribution in [-0.4, -0.2) is 6.04 Å². The molecule has 1 heterocycles. The molecule has 0 saturated carbocycles. The maximum atomic E-state index is 8.78. The highest BCUT2D eigenvalue weighted by Crippen LogP contribution is 2.24. The van der Waals surface area contributed by atoms with Gasteiger partial charge in [0.1, 0.15) is 0 Å². The molecule has 0 bridgehead atoms. The number of benzene rings is 1. The Kier molecular flexibility index (Phi) is 4.24. The van der Waals surface area contributed by atoms with E-state index in [0.29, 0.717) is 16.6 Å². The zero-order chi connectivity index (χ0) is 13.0. The van der Waals surface area contributed by atoms with Crippen molar-refractivity contribution in [2.24, 2.45) is 0 Å². The van der Waals surface area contributed by atoms with E-state index >= 15 is 0 Å². The summed E-state index contributed by atoms with van der Waals surface area (Å²) in [6.07, 6.45) is 0.966. The molecular weight excluding hydrogens is 264 g/mol. The third kappa shape index (κ3) is 3.25. The first-order valence-electron chi connectivity index (χ1n) is 5.67. The third-order valence-electron chi connectivity index (χ3n) is 2.59. The van der Waals surface area contributed by atoms with Crippen molar-refractivity contribution >= 4 is 28.6 Å². The molecule has 2 rings (SSSR count). The minimum absolute atomic E-state index is 0.300. The summed E-state index contributed by atoms with van der Waals surface area (Å²) in [7, 11) is 0. The molecule has 1 aromatic carbocycles. The monoisotopic (exact) mass is 276 g/mol. The van der Waals surface area contributed by atoms with E-state index in [1.54, 1.807) is 23.5 Å². The second kappa shape index (κ2) is 5.90. The topological polar surface area (TPSA) is 35.8 Å². The first-order valence-corrected chi connectivity index (χ1v) is 6.93. The maximum Gasteiger partial charge on any atom is 0.0992 e. The number of hydrogen-bond donors (Lipinski definition) is 1. The van der Waals surface area contributed by atoms with Crippen LogP contribution in [-0.2, 0) is 6.42 Å². The second-order valence-electron chi connectivity index (χ2n) is 4.14. The molecule has 2 nitrogen and oxygen atoms in total. The van der Waals surface area contributed by atoms with Crippen molar-refractivity contribution in [1.82, 2.24) is 0 Å². The van der Waals surface area contributed by atoms with Crippen LogP contribution in [0.15, 0.2) is 35.7 Å². The summed E-state index contributed by atoms with van der Waals surface area (Å²) in [5.41, 5.74) is 1.45. The standard InChI is InChI=1S/C14H13ClN2S/c1-10(7-12-3-2-6-18-12)17-14-5-4-11(9-16)8-13(14)15/h2-6,8,10,17H,7H2,1H3. The fourth-order valence-corrected chi connectivity index (χ4v) is 2.82. The van der Waals surface area contributed by atoms with Crippen LogP contribution < -0.4 is 5.32 Å². The average molecular weight is 277 g/mol. The minimum atomic E-state index is 0.300. The molecule has 18 heavy (non-hydrogen) atoms. The zero-order valence-corrected chi connectivity index (χ0v) is 11.6. The number of hydrogen-bond acceptors (Lipinski definition) is 3. The molecule has 1 unspecified atom stereocenters. The van der Waals surface area contributed by atoms with Gasteiger partial charge in [0.05, 0.1) is 22.3 Å². The van der Waals surface area contributed by atoms with Gasteiger partial charge in [0.15, 0.2) is 0 Å². The molecule has 0 radical (unpaired) electrons. The van der Waals surface area contributed by atoms with Gasteiger partial charge >= 0.3 is 0 Å². The number of nitrogens with one attached hydrogen (secondary N) is 1. The van der Waals surface area contributed by atoms with Crippen LogP contribution in [0.3, 0.4) is 0 Å². The molecule has 0 aliphatic carbocycles. The van der Waals surface area contributed by atoms with Crippen molar-refractivity contribution in [3.63, 3.8) is 0 Å². The molecule has 1 atom stereocenters. The Bertz CT molecular complexity index is 558. The van der Waals surface area contributed by atoms with Gasteiger partial charge in [-0.3, -0.25) is 0 Å². The van der Waals surface area contributed by atoms with Gasteiger partial charge < -0.3 is 5.32 Å². The molecule has 92 valence electrons. The third-order valence-corrected chi connectivity index (χ3v) is 3.80. The molecule has 0 amide bonds. The van der Waals surface area contributed by atoms with Crippen LogP contribution in [0, 0.1) is 11.3 Å². The Balaban J connectivity index is 2.03. The second-order valence-corrected chi connectivity index (χ2v) is 5.57.